The Kier molecular flexibility index (Phi) is 7.50. The van der Waals surface area contributed by atoms with Crippen molar-refractivity contribution in [3.8, 4) is 11.6 Å². The summed E-state index contributed by atoms with van der Waals surface area (Å²) in [6.45, 7) is 7.64. The summed E-state index contributed by atoms with van der Waals surface area (Å²) in [6, 6.07) is 10.9. The smallest absolute Gasteiger partial charge is 0.263 e. The Morgan fingerprint density at radius 1 is 1.17 bits per heavy atom. The molecule has 4 rings (SSSR count). The number of carbonyl (C=O) groups is 1. The molecule has 13 heteroatoms. The fourth-order valence-corrected chi connectivity index (χ4v) is 5.03. The van der Waals surface area contributed by atoms with Gasteiger partial charge in [-0.1, -0.05) is 17.8 Å². The topological polar surface area (TPSA) is 145 Å². The first-order valence-electron chi connectivity index (χ1n) is 10.7. The number of benzene rings is 1. The van der Waals surface area contributed by atoms with Gasteiger partial charge in [-0.25, -0.2) is 18.4 Å². The van der Waals surface area contributed by atoms with Crippen LogP contribution in [0.4, 0.5) is 11.5 Å². The number of nitrogens with one attached hydrogen (secondary N) is 2. The zero-order valence-electron chi connectivity index (χ0n) is 19.5. The third-order valence-corrected chi connectivity index (χ3v) is 7.09. The second kappa shape index (κ2) is 10.7. The van der Waals surface area contributed by atoms with Crippen LogP contribution in [0, 0.1) is 13.8 Å². The molecule has 0 atom stereocenters. The number of carbonyl (C=O) groups excluding carboxylic acids is 1. The van der Waals surface area contributed by atoms with Crippen LogP contribution in [-0.4, -0.2) is 44.8 Å². The van der Waals surface area contributed by atoms with Crippen LogP contribution in [0.1, 0.15) is 11.5 Å². The molecule has 1 aromatic carbocycles. The second-order valence-corrected chi connectivity index (χ2v) is 10.2. The zero-order chi connectivity index (χ0) is 25.7. The molecule has 0 unspecified atom stereocenters. The SMILES string of the molecule is C=CCn1c(SCC(=O)Nc2ccc(S(=O)(=O)Nc3cc(C)nc(C)n3)cc2)nnc1-c1ccco1. The number of nitrogens with zero attached hydrogens (tertiary/aromatic N) is 5. The van der Waals surface area contributed by atoms with Gasteiger partial charge in [-0.2, -0.15) is 0 Å². The summed E-state index contributed by atoms with van der Waals surface area (Å²) >= 11 is 1.21. The molecule has 2 N–H and O–H groups in total. The van der Waals surface area contributed by atoms with E-state index in [4.69, 9.17) is 4.42 Å². The van der Waals surface area contributed by atoms with Crippen LogP contribution in [0.25, 0.3) is 11.6 Å². The van der Waals surface area contributed by atoms with Crippen molar-refractivity contribution in [1.29, 1.82) is 0 Å². The number of hydrogen-bond acceptors (Lipinski definition) is 9. The zero-order valence-corrected chi connectivity index (χ0v) is 21.1. The number of hydrogen-bond donors (Lipinski definition) is 2. The van der Waals surface area contributed by atoms with Crippen LogP contribution in [0.5, 0.6) is 0 Å². The first kappa shape index (κ1) is 25.1. The van der Waals surface area contributed by atoms with Crippen molar-refractivity contribution < 1.29 is 17.6 Å². The number of aromatic nitrogens is 5. The fraction of sp³-hybridized carbons (Fsp3) is 0.174. The number of thioether (sulfide) groups is 1. The highest BCUT2D eigenvalue weighted by Gasteiger charge is 2.18. The highest BCUT2D eigenvalue weighted by atomic mass is 32.2. The van der Waals surface area contributed by atoms with Gasteiger partial charge in [0.1, 0.15) is 11.6 Å². The van der Waals surface area contributed by atoms with Gasteiger partial charge < -0.3 is 9.73 Å². The number of anilines is 2. The van der Waals surface area contributed by atoms with Gasteiger partial charge in [0.25, 0.3) is 10.0 Å². The summed E-state index contributed by atoms with van der Waals surface area (Å²) in [5.41, 5.74) is 1.10. The maximum atomic E-state index is 12.7. The Balaban J connectivity index is 1.38. The van der Waals surface area contributed by atoms with Gasteiger partial charge in [0.15, 0.2) is 10.9 Å². The summed E-state index contributed by atoms with van der Waals surface area (Å²) in [5, 5.41) is 11.6. The van der Waals surface area contributed by atoms with Crippen molar-refractivity contribution in [1.82, 2.24) is 24.7 Å². The maximum Gasteiger partial charge on any atom is 0.263 e. The summed E-state index contributed by atoms with van der Waals surface area (Å²) in [4.78, 5) is 20.8. The van der Waals surface area contributed by atoms with Gasteiger partial charge in [-0.15, -0.1) is 16.8 Å². The van der Waals surface area contributed by atoms with E-state index in [-0.39, 0.29) is 22.4 Å². The van der Waals surface area contributed by atoms with Crippen molar-refractivity contribution in [2.75, 3.05) is 15.8 Å². The molecule has 11 nitrogen and oxygen atoms in total. The standard InChI is InChI=1S/C23H23N7O4S2/c1-4-11-30-22(19-6-5-12-34-19)27-28-23(30)35-14-21(31)26-17-7-9-18(10-8-17)36(32,33)29-20-13-15(2)24-16(3)25-20/h4-10,12-13H,1,11,14H2,2-3H3,(H,26,31)(H,24,25,29). The molecule has 0 fully saturated rings. The molecule has 0 saturated heterocycles. The number of allylic oxidation sites excluding steroid dienone is 1. The Hall–Kier alpha value is -3.97. The number of aryl methyl sites for hydroxylation is 2. The third kappa shape index (κ3) is 5.98. The summed E-state index contributed by atoms with van der Waals surface area (Å²) in [7, 11) is -3.86. The third-order valence-electron chi connectivity index (χ3n) is 4.76. The van der Waals surface area contributed by atoms with Crippen LogP contribution in [0.3, 0.4) is 0 Å². The highest BCUT2D eigenvalue weighted by Crippen LogP contribution is 2.25. The molecule has 0 spiro atoms. The molecule has 186 valence electrons. The van der Waals surface area contributed by atoms with Gasteiger partial charge in [-0.05, 0) is 50.2 Å². The van der Waals surface area contributed by atoms with E-state index in [9.17, 15) is 13.2 Å². The predicted octanol–water partition coefficient (Wildman–Crippen LogP) is 3.66. The lowest BCUT2D eigenvalue weighted by molar-refractivity contribution is -0.113. The van der Waals surface area contributed by atoms with E-state index in [2.05, 4.69) is 36.8 Å². The molecule has 4 aromatic rings. The van der Waals surface area contributed by atoms with Crippen molar-refractivity contribution >= 4 is 39.2 Å². The molecule has 0 aliphatic rings. The van der Waals surface area contributed by atoms with Crippen LogP contribution in [-0.2, 0) is 21.4 Å². The van der Waals surface area contributed by atoms with Crippen LogP contribution in [0.2, 0.25) is 0 Å². The quantitative estimate of drug-likeness (QED) is 0.234. The molecule has 0 bridgehead atoms. The number of furan rings is 1. The van der Waals surface area contributed by atoms with Crippen LogP contribution < -0.4 is 10.0 Å². The summed E-state index contributed by atoms with van der Waals surface area (Å²) in [6.07, 6.45) is 3.25. The Morgan fingerprint density at radius 2 is 1.94 bits per heavy atom. The van der Waals surface area contributed by atoms with Crippen LogP contribution >= 0.6 is 11.8 Å². The number of sulfonamides is 1. The monoisotopic (exact) mass is 525 g/mol. The number of amides is 1. The van der Waals surface area contributed by atoms with Crippen molar-refractivity contribution in [3.05, 3.63) is 72.9 Å². The Bertz CT molecular complexity index is 1460. The lowest BCUT2D eigenvalue weighted by Crippen LogP contribution is -2.16. The minimum absolute atomic E-state index is 0.0341. The van der Waals surface area contributed by atoms with Gasteiger partial charge in [-0.3, -0.25) is 14.1 Å². The summed E-state index contributed by atoms with van der Waals surface area (Å²) < 4.78 is 35.0. The molecule has 3 heterocycles. The van der Waals surface area contributed by atoms with Crippen molar-refractivity contribution in [2.24, 2.45) is 0 Å². The van der Waals surface area contributed by atoms with E-state index in [1.807, 2.05) is 0 Å². The van der Waals surface area contributed by atoms with Crippen molar-refractivity contribution in [3.63, 3.8) is 0 Å². The number of rotatable bonds is 10. The largest absolute Gasteiger partial charge is 0.461 e. The highest BCUT2D eigenvalue weighted by molar-refractivity contribution is 7.99. The summed E-state index contributed by atoms with van der Waals surface area (Å²) in [5.74, 6) is 1.54. The van der Waals surface area contributed by atoms with E-state index in [1.165, 1.54) is 36.0 Å². The molecular formula is C23H23N7O4S2. The lowest BCUT2D eigenvalue weighted by atomic mass is 10.3. The second-order valence-electron chi connectivity index (χ2n) is 7.59. The molecular weight excluding hydrogens is 502 g/mol. The van der Waals surface area contributed by atoms with Gasteiger partial charge >= 0.3 is 0 Å². The van der Waals surface area contributed by atoms with E-state index >= 15 is 0 Å². The average molecular weight is 526 g/mol. The van der Waals surface area contributed by atoms with E-state index in [0.29, 0.717) is 40.5 Å². The molecule has 0 aliphatic carbocycles. The first-order valence-corrected chi connectivity index (χ1v) is 13.2. The van der Waals surface area contributed by atoms with Crippen molar-refractivity contribution in [2.45, 2.75) is 30.4 Å². The molecule has 3 aromatic heterocycles. The minimum Gasteiger partial charge on any atom is -0.461 e. The van der Waals surface area contributed by atoms with Crippen LogP contribution in [0.15, 0.2) is 75.9 Å². The van der Waals surface area contributed by atoms with E-state index < -0.39 is 10.0 Å². The van der Waals surface area contributed by atoms with E-state index in [0.717, 1.165) is 0 Å². The Morgan fingerprint density at radius 3 is 2.61 bits per heavy atom. The Labute approximate surface area is 212 Å². The normalized spacial score (nSPS) is 11.3. The van der Waals surface area contributed by atoms with Gasteiger partial charge in [0, 0.05) is 24.0 Å². The first-order chi connectivity index (χ1) is 17.2. The molecule has 0 saturated carbocycles. The van der Waals surface area contributed by atoms with Gasteiger partial charge in [0.05, 0.1) is 16.9 Å². The minimum atomic E-state index is -3.86. The predicted molar refractivity (Wildman–Crippen MR) is 136 cm³/mol. The molecule has 36 heavy (non-hydrogen) atoms. The van der Waals surface area contributed by atoms with Gasteiger partial charge in [0.2, 0.25) is 11.7 Å². The fourth-order valence-electron chi connectivity index (χ4n) is 3.29. The lowest BCUT2D eigenvalue weighted by Gasteiger charge is -2.10. The van der Waals surface area contributed by atoms with E-state index in [1.54, 1.807) is 49.0 Å². The average Bonchev–Trinajstić information content (AvgIpc) is 3.47. The molecule has 0 radical (unpaired) electrons. The molecule has 0 aliphatic heterocycles. The maximum absolute atomic E-state index is 12.7. The molecule has 1 amide bonds.